The number of likely N-dealkylation sites (tertiary alicyclic amines) is 2. The van der Waals surface area contributed by atoms with E-state index in [2.05, 4.69) is 34.5 Å². The summed E-state index contributed by atoms with van der Waals surface area (Å²) < 4.78 is 5.44. The van der Waals surface area contributed by atoms with Crippen molar-refractivity contribution in [2.45, 2.75) is 71.2 Å². The minimum atomic E-state index is -0.534. The molecule has 31 heavy (non-hydrogen) atoms. The third-order valence-corrected chi connectivity index (χ3v) is 5.90. The lowest BCUT2D eigenvalue weighted by Gasteiger charge is -2.33. The molecule has 2 heterocycles. The minimum absolute atomic E-state index is 0.00999. The largest absolute Gasteiger partial charge is 0.444 e. The topological polar surface area (TPSA) is 82.1 Å². The van der Waals surface area contributed by atoms with E-state index in [0.29, 0.717) is 19.6 Å². The average molecular weight is 432 g/mol. The number of hydrogen-bond acceptors (Lipinski definition) is 5. The van der Waals surface area contributed by atoms with Crippen LogP contribution >= 0.6 is 0 Å². The van der Waals surface area contributed by atoms with Gasteiger partial charge in [0.25, 0.3) is 0 Å². The lowest BCUT2D eigenvalue weighted by atomic mass is 9.97. The summed E-state index contributed by atoms with van der Waals surface area (Å²) in [6.07, 6.45) is 2.79. The molecule has 0 bridgehead atoms. The first-order valence-corrected chi connectivity index (χ1v) is 11.4. The van der Waals surface area contributed by atoms with Crippen molar-refractivity contribution in [1.29, 1.82) is 0 Å². The Morgan fingerprint density at radius 2 is 1.71 bits per heavy atom. The molecule has 2 saturated heterocycles. The zero-order valence-electron chi connectivity index (χ0n) is 19.1. The van der Waals surface area contributed by atoms with Gasteiger partial charge in [-0.3, -0.25) is 9.69 Å². The molecule has 2 fully saturated rings. The summed E-state index contributed by atoms with van der Waals surface area (Å²) >= 11 is 0. The minimum Gasteiger partial charge on any atom is -0.444 e. The quantitative estimate of drug-likeness (QED) is 0.749. The zero-order valence-corrected chi connectivity index (χ0v) is 19.1. The van der Waals surface area contributed by atoms with Crippen LogP contribution in [0.25, 0.3) is 0 Å². The highest BCUT2D eigenvalue weighted by Gasteiger charge is 2.30. The van der Waals surface area contributed by atoms with Gasteiger partial charge in [0.1, 0.15) is 5.60 Å². The molecule has 0 aromatic heterocycles. The molecular weight excluding hydrogens is 394 g/mol. The van der Waals surface area contributed by atoms with Crippen LogP contribution in [-0.4, -0.2) is 64.8 Å². The standard InChI is InChI=1S/C24H37N3O4/c1-24(2,3)31-23(30)27-12-4-5-20(17-27)22(29)25-15-18-6-8-19(9-7-18)16-26-13-10-21(28)11-14-26/h6-9,20-21,28H,4-5,10-17H2,1-3H3,(H,25,29). The maximum atomic E-state index is 12.7. The summed E-state index contributed by atoms with van der Waals surface area (Å²) in [6.45, 7) is 9.82. The van der Waals surface area contributed by atoms with Gasteiger partial charge in [0.05, 0.1) is 12.0 Å². The summed E-state index contributed by atoms with van der Waals surface area (Å²) in [5.74, 6) is -0.209. The van der Waals surface area contributed by atoms with Gasteiger partial charge in [-0.1, -0.05) is 24.3 Å². The number of hydrogen-bond donors (Lipinski definition) is 2. The van der Waals surface area contributed by atoms with Gasteiger partial charge < -0.3 is 20.1 Å². The van der Waals surface area contributed by atoms with Gasteiger partial charge in [0.15, 0.2) is 0 Å². The van der Waals surface area contributed by atoms with Crippen LogP contribution in [0, 0.1) is 5.92 Å². The Hall–Kier alpha value is -2.12. The number of carbonyl (C=O) groups is 2. The SMILES string of the molecule is CC(C)(C)OC(=O)N1CCCC(C(=O)NCc2ccc(CN3CCC(O)CC3)cc2)C1. The van der Waals surface area contributed by atoms with Crippen LogP contribution in [0.4, 0.5) is 4.79 Å². The second-order valence-corrected chi connectivity index (χ2v) is 9.81. The van der Waals surface area contributed by atoms with Gasteiger partial charge in [-0.25, -0.2) is 4.79 Å². The third kappa shape index (κ3) is 7.51. The molecule has 7 heteroatoms. The molecule has 2 aliphatic heterocycles. The zero-order chi connectivity index (χ0) is 22.4. The van der Waals surface area contributed by atoms with Crippen molar-refractivity contribution in [3.8, 4) is 0 Å². The molecule has 1 aromatic rings. The van der Waals surface area contributed by atoms with E-state index in [-0.39, 0.29) is 24.0 Å². The molecule has 0 aliphatic carbocycles. The fourth-order valence-corrected chi connectivity index (χ4v) is 4.12. The summed E-state index contributed by atoms with van der Waals surface area (Å²) in [6, 6.07) is 8.33. The fourth-order valence-electron chi connectivity index (χ4n) is 4.12. The molecule has 3 rings (SSSR count). The highest BCUT2D eigenvalue weighted by atomic mass is 16.6. The van der Waals surface area contributed by atoms with Crippen LogP contribution in [0.2, 0.25) is 0 Å². The molecular formula is C24H37N3O4. The molecule has 0 radical (unpaired) electrons. The Kier molecular flexibility index (Phi) is 7.94. The van der Waals surface area contributed by atoms with Crippen molar-refractivity contribution in [3.63, 3.8) is 0 Å². The molecule has 0 spiro atoms. The number of aliphatic hydroxyl groups is 1. The number of ether oxygens (including phenoxy) is 1. The maximum Gasteiger partial charge on any atom is 0.410 e. The molecule has 0 saturated carbocycles. The van der Waals surface area contributed by atoms with E-state index in [1.165, 1.54) is 5.56 Å². The smallest absolute Gasteiger partial charge is 0.410 e. The summed E-state index contributed by atoms with van der Waals surface area (Å²) in [4.78, 5) is 29.0. The van der Waals surface area contributed by atoms with Crippen molar-refractivity contribution in [3.05, 3.63) is 35.4 Å². The van der Waals surface area contributed by atoms with Crippen LogP contribution in [-0.2, 0) is 22.6 Å². The van der Waals surface area contributed by atoms with Crippen LogP contribution in [0.3, 0.4) is 0 Å². The fraction of sp³-hybridized carbons (Fsp3) is 0.667. The predicted molar refractivity (Wildman–Crippen MR) is 119 cm³/mol. The number of nitrogens with one attached hydrogen (secondary N) is 1. The molecule has 172 valence electrons. The van der Waals surface area contributed by atoms with E-state index in [4.69, 9.17) is 4.74 Å². The Balaban J connectivity index is 1.44. The van der Waals surface area contributed by atoms with Gasteiger partial charge in [0, 0.05) is 39.3 Å². The number of benzene rings is 1. The number of amides is 2. The Labute approximate surface area is 185 Å². The molecule has 1 unspecified atom stereocenters. The summed E-state index contributed by atoms with van der Waals surface area (Å²) in [5.41, 5.74) is 1.77. The van der Waals surface area contributed by atoms with Crippen molar-refractivity contribution >= 4 is 12.0 Å². The average Bonchev–Trinajstić information content (AvgIpc) is 2.73. The monoisotopic (exact) mass is 431 g/mol. The third-order valence-electron chi connectivity index (χ3n) is 5.90. The van der Waals surface area contributed by atoms with Crippen LogP contribution < -0.4 is 5.32 Å². The molecule has 1 aromatic carbocycles. The van der Waals surface area contributed by atoms with E-state index in [9.17, 15) is 14.7 Å². The first kappa shape index (κ1) is 23.5. The second kappa shape index (κ2) is 10.5. The van der Waals surface area contributed by atoms with Crippen molar-refractivity contribution in [2.24, 2.45) is 5.92 Å². The van der Waals surface area contributed by atoms with E-state index in [1.807, 2.05) is 20.8 Å². The molecule has 7 nitrogen and oxygen atoms in total. The lowest BCUT2D eigenvalue weighted by molar-refractivity contribution is -0.126. The summed E-state index contributed by atoms with van der Waals surface area (Å²) in [5, 5.41) is 12.7. The van der Waals surface area contributed by atoms with Crippen molar-refractivity contribution in [2.75, 3.05) is 26.2 Å². The lowest BCUT2D eigenvalue weighted by Crippen LogP contribution is -2.46. The first-order valence-electron chi connectivity index (χ1n) is 11.4. The normalized spacial score (nSPS) is 21.0. The predicted octanol–water partition coefficient (Wildman–Crippen LogP) is 2.91. The van der Waals surface area contributed by atoms with E-state index >= 15 is 0 Å². The Morgan fingerprint density at radius 3 is 2.35 bits per heavy atom. The Bertz CT molecular complexity index is 736. The van der Waals surface area contributed by atoms with E-state index in [0.717, 1.165) is 50.9 Å². The molecule has 2 N–H and O–H groups in total. The summed E-state index contributed by atoms with van der Waals surface area (Å²) in [7, 11) is 0. The van der Waals surface area contributed by atoms with E-state index in [1.54, 1.807) is 4.90 Å². The number of piperidine rings is 2. The van der Waals surface area contributed by atoms with Crippen molar-refractivity contribution in [1.82, 2.24) is 15.1 Å². The van der Waals surface area contributed by atoms with Crippen molar-refractivity contribution < 1.29 is 19.4 Å². The number of carbonyl (C=O) groups excluding carboxylic acids is 2. The Morgan fingerprint density at radius 1 is 1.06 bits per heavy atom. The van der Waals surface area contributed by atoms with Gasteiger partial charge in [0.2, 0.25) is 5.91 Å². The number of aliphatic hydroxyl groups excluding tert-OH is 1. The van der Waals surface area contributed by atoms with Crippen LogP contribution in [0.15, 0.2) is 24.3 Å². The van der Waals surface area contributed by atoms with Crippen LogP contribution in [0.1, 0.15) is 57.6 Å². The van der Waals surface area contributed by atoms with Gasteiger partial charge in [-0.05, 0) is 57.6 Å². The van der Waals surface area contributed by atoms with Crippen LogP contribution in [0.5, 0.6) is 0 Å². The first-order chi connectivity index (χ1) is 14.7. The second-order valence-electron chi connectivity index (χ2n) is 9.81. The van der Waals surface area contributed by atoms with E-state index < -0.39 is 5.60 Å². The molecule has 2 aliphatic rings. The van der Waals surface area contributed by atoms with Gasteiger partial charge >= 0.3 is 6.09 Å². The highest BCUT2D eigenvalue weighted by molar-refractivity contribution is 5.80. The molecule has 1 atom stereocenters. The number of rotatable bonds is 5. The number of nitrogens with zero attached hydrogens (tertiary/aromatic N) is 2. The highest BCUT2D eigenvalue weighted by Crippen LogP contribution is 2.20. The van der Waals surface area contributed by atoms with Gasteiger partial charge in [-0.15, -0.1) is 0 Å². The molecule has 2 amide bonds. The maximum absolute atomic E-state index is 12.7. The van der Waals surface area contributed by atoms with Gasteiger partial charge in [-0.2, -0.15) is 0 Å².